The molecular formula is C18H20N2O3S. The van der Waals surface area contributed by atoms with Gasteiger partial charge in [0, 0.05) is 25.0 Å². The average molecular weight is 344 g/mol. The number of carbonyl (C=O) groups excluding carboxylic acids is 1. The van der Waals surface area contributed by atoms with E-state index in [0.29, 0.717) is 24.3 Å². The summed E-state index contributed by atoms with van der Waals surface area (Å²) in [6, 6.07) is 14.9. The van der Waals surface area contributed by atoms with Crippen molar-refractivity contribution in [2.45, 2.75) is 18.7 Å². The summed E-state index contributed by atoms with van der Waals surface area (Å²) in [4.78, 5) is 14.3. The van der Waals surface area contributed by atoms with Gasteiger partial charge in [-0.1, -0.05) is 42.5 Å². The quantitative estimate of drug-likeness (QED) is 0.931. The van der Waals surface area contributed by atoms with E-state index in [4.69, 9.17) is 0 Å². The Kier molecular flexibility index (Phi) is 4.57. The van der Waals surface area contributed by atoms with Gasteiger partial charge in [0.25, 0.3) is 0 Å². The fraction of sp³-hybridized carbons (Fsp3) is 0.278. The van der Waals surface area contributed by atoms with Crippen LogP contribution < -0.4 is 5.32 Å². The second kappa shape index (κ2) is 6.65. The molecule has 0 aromatic heterocycles. The van der Waals surface area contributed by atoms with Gasteiger partial charge in [0.1, 0.15) is 0 Å². The SMILES string of the molecule is CS(=O)(=O)Cc1ccccc1NC(=O)N1CCc2ccccc2C1. The minimum atomic E-state index is -3.17. The first-order valence-corrected chi connectivity index (χ1v) is 9.87. The molecule has 126 valence electrons. The van der Waals surface area contributed by atoms with Gasteiger partial charge < -0.3 is 10.2 Å². The first-order chi connectivity index (χ1) is 11.4. The third kappa shape index (κ3) is 3.94. The molecule has 0 saturated carbocycles. The molecule has 1 aliphatic rings. The van der Waals surface area contributed by atoms with Crippen LogP contribution >= 0.6 is 0 Å². The van der Waals surface area contributed by atoms with Crippen molar-refractivity contribution in [3.63, 3.8) is 0 Å². The Hall–Kier alpha value is -2.34. The summed E-state index contributed by atoms with van der Waals surface area (Å²) < 4.78 is 23.1. The van der Waals surface area contributed by atoms with Gasteiger partial charge in [0.05, 0.1) is 5.75 Å². The van der Waals surface area contributed by atoms with Crippen LogP contribution in [-0.2, 0) is 28.6 Å². The number of nitrogens with zero attached hydrogens (tertiary/aromatic N) is 1. The number of rotatable bonds is 3. The Balaban J connectivity index is 1.74. The van der Waals surface area contributed by atoms with Crippen molar-refractivity contribution in [1.29, 1.82) is 0 Å². The van der Waals surface area contributed by atoms with Gasteiger partial charge in [-0.15, -0.1) is 0 Å². The highest BCUT2D eigenvalue weighted by Crippen LogP contribution is 2.21. The van der Waals surface area contributed by atoms with Gasteiger partial charge in [0.2, 0.25) is 0 Å². The third-order valence-corrected chi connectivity index (χ3v) is 4.93. The molecule has 2 aromatic carbocycles. The molecule has 0 unspecified atom stereocenters. The Bertz CT molecular complexity index is 862. The molecule has 3 rings (SSSR count). The number of sulfone groups is 1. The molecule has 1 heterocycles. The zero-order chi connectivity index (χ0) is 17.2. The number of hydrogen-bond donors (Lipinski definition) is 1. The summed E-state index contributed by atoms with van der Waals surface area (Å²) in [5.74, 6) is -0.0910. The van der Waals surface area contributed by atoms with Gasteiger partial charge in [-0.05, 0) is 29.2 Å². The monoisotopic (exact) mass is 344 g/mol. The van der Waals surface area contributed by atoms with Gasteiger partial charge in [-0.3, -0.25) is 0 Å². The summed E-state index contributed by atoms with van der Waals surface area (Å²) in [5.41, 5.74) is 3.58. The molecule has 0 radical (unpaired) electrons. The maximum Gasteiger partial charge on any atom is 0.322 e. The maximum atomic E-state index is 12.6. The molecule has 2 aromatic rings. The van der Waals surface area contributed by atoms with Crippen molar-refractivity contribution in [1.82, 2.24) is 4.90 Å². The van der Waals surface area contributed by atoms with Crippen molar-refractivity contribution in [2.75, 3.05) is 18.1 Å². The number of urea groups is 1. The van der Waals surface area contributed by atoms with E-state index in [9.17, 15) is 13.2 Å². The second-order valence-corrected chi connectivity index (χ2v) is 8.24. The van der Waals surface area contributed by atoms with Gasteiger partial charge in [-0.25, -0.2) is 13.2 Å². The van der Waals surface area contributed by atoms with Crippen LogP contribution in [0.25, 0.3) is 0 Å². The summed E-state index contributed by atoms with van der Waals surface area (Å²) >= 11 is 0. The second-order valence-electron chi connectivity index (χ2n) is 6.10. The molecule has 0 aliphatic carbocycles. The standard InChI is InChI=1S/C18H20N2O3S/c1-24(22,23)13-16-8-4-5-9-17(16)19-18(21)20-11-10-14-6-2-3-7-15(14)12-20/h2-9H,10-13H2,1H3,(H,19,21). The smallest absolute Gasteiger partial charge is 0.320 e. The lowest BCUT2D eigenvalue weighted by Crippen LogP contribution is -2.39. The molecule has 0 atom stereocenters. The van der Waals surface area contributed by atoms with E-state index in [1.807, 2.05) is 18.2 Å². The largest absolute Gasteiger partial charge is 0.322 e. The molecule has 24 heavy (non-hydrogen) atoms. The van der Waals surface area contributed by atoms with Crippen LogP contribution in [0.3, 0.4) is 0 Å². The lowest BCUT2D eigenvalue weighted by Gasteiger charge is -2.29. The highest BCUT2D eigenvalue weighted by atomic mass is 32.2. The Morgan fingerprint density at radius 3 is 2.50 bits per heavy atom. The van der Waals surface area contributed by atoms with Crippen LogP contribution in [0.4, 0.5) is 10.5 Å². The summed E-state index contributed by atoms with van der Waals surface area (Å²) in [6.07, 6.45) is 2.02. The molecule has 1 aliphatic heterocycles. The van der Waals surface area contributed by atoms with E-state index in [1.165, 1.54) is 11.8 Å². The number of anilines is 1. The van der Waals surface area contributed by atoms with Crippen LogP contribution in [0.15, 0.2) is 48.5 Å². The first-order valence-electron chi connectivity index (χ1n) is 7.81. The van der Waals surface area contributed by atoms with E-state index in [2.05, 4.69) is 11.4 Å². The van der Waals surface area contributed by atoms with Crippen LogP contribution in [0, 0.1) is 0 Å². The molecule has 2 amide bonds. The van der Waals surface area contributed by atoms with Crippen molar-refractivity contribution in [3.8, 4) is 0 Å². The number of nitrogens with one attached hydrogen (secondary N) is 1. The topological polar surface area (TPSA) is 66.5 Å². The highest BCUT2D eigenvalue weighted by molar-refractivity contribution is 7.89. The van der Waals surface area contributed by atoms with Crippen LogP contribution in [0.5, 0.6) is 0 Å². The van der Waals surface area contributed by atoms with Gasteiger partial charge >= 0.3 is 6.03 Å². The van der Waals surface area contributed by atoms with E-state index in [0.717, 1.165) is 12.0 Å². The van der Waals surface area contributed by atoms with E-state index < -0.39 is 9.84 Å². The van der Waals surface area contributed by atoms with E-state index in [1.54, 1.807) is 29.2 Å². The Morgan fingerprint density at radius 2 is 1.75 bits per heavy atom. The number of benzene rings is 2. The number of fused-ring (bicyclic) bond motifs is 1. The average Bonchev–Trinajstić information content (AvgIpc) is 2.55. The minimum Gasteiger partial charge on any atom is -0.320 e. The molecular weight excluding hydrogens is 324 g/mol. The molecule has 0 fully saturated rings. The summed E-state index contributed by atoms with van der Waals surface area (Å²) in [7, 11) is -3.17. The minimum absolute atomic E-state index is 0.0910. The predicted molar refractivity (Wildman–Crippen MR) is 94.6 cm³/mol. The van der Waals surface area contributed by atoms with Crippen molar-refractivity contribution in [2.24, 2.45) is 0 Å². The van der Waals surface area contributed by atoms with Crippen LogP contribution in [-0.4, -0.2) is 32.1 Å². The van der Waals surface area contributed by atoms with E-state index in [-0.39, 0.29) is 11.8 Å². The molecule has 0 bridgehead atoms. The molecule has 6 heteroatoms. The highest BCUT2D eigenvalue weighted by Gasteiger charge is 2.21. The number of para-hydroxylation sites is 1. The Morgan fingerprint density at radius 1 is 1.08 bits per heavy atom. The number of hydrogen-bond acceptors (Lipinski definition) is 3. The van der Waals surface area contributed by atoms with Crippen molar-refractivity contribution in [3.05, 3.63) is 65.2 Å². The maximum absolute atomic E-state index is 12.6. The fourth-order valence-corrected chi connectivity index (χ4v) is 3.73. The number of amides is 2. The van der Waals surface area contributed by atoms with Crippen molar-refractivity contribution >= 4 is 21.6 Å². The number of carbonyl (C=O) groups is 1. The zero-order valence-electron chi connectivity index (χ0n) is 13.5. The van der Waals surface area contributed by atoms with E-state index >= 15 is 0 Å². The summed E-state index contributed by atoms with van der Waals surface area (Å²) in [6.45, 7) is 1.22. The lowest BCUT2D eigenvalue weighted by atomic mass is 10.0. The normalized spacial score (nSPS) is 14.1. The molecule has 0 saturated heterocycles. The Labute approximate surface area is 142 Å². The van der Waals surface area contributed by atoms with Crippen molar-refractivity contribution < 1.29 is 13.2 Å². The third-order valence-electron chi connectivity index (χ3n) is 4.09. The van der Waals surface area contributed by atoms with Gasteiger partial charge in [0.15, 0.2) is 9.84 Å². The molecule has 0 spiro atoms. The molecule has 1 N–H and O–H groups in total. The molecule has 5 nitrogen and oxygen atoms in total. The van der Waals surface area contributed by atoms with Crippen LogP contribution in [0.2, 0.25) is 0 Å². The van der Waals surface area contributed by atoms with Crippen LogP contribution in [0.1, 0.15) is 16.7 Å². The fourth-order valence-electron chi connectivity index (χ4n) is 2.91. The summed E-state index contributed by atoms with van der Waals surface area (Å²) in [5, 5.41) is 2.86. The zero-order valence-corrected chi connectivity index (χ0v) is 14.3. The predicted octanol–water partition coefficient (Wildman–Crippen LogP) is 2.82. The van der Waals surface area contributed by atoms with Gasteiger partial charge in [-0.2, -0.15) is 0 Å². The first kappa shape index (κ1) is 16.5. The lowest BCUT2D eigenvalue weighted by molar-refractivity contribution is 0.206.